The van der Waals surface area contributed by atoms with Crippen LogP contribution in [0.1, 0.15) is 70.0 Å². The second-order valence-electron chi connectivity index (χ2n) is 6.67. The summed E-state index contributed by atoms with van der Waals surface area (Å²) in [6.45, 7) is 6.92. The number of rotatable bonds is 5. The molecule has 1 nitrogen and oxygen atoms in total. The van der Waals surface area contributed by atoms with E-state index in [1.807, 2.05) is 0 Å². The van der Waals surface area contributed by atoms with Gasteiger partial charge in [-0.2, -0.15) is 0 Å². The highest BCUT2D eigenvalue weighted by atomic mass is 14.9. The maximum atomic E-state index is 3.53. The average Bonchev–Trinajstić information content (AvgIpc) is 2.94. The molecule has 0 radical (unpaired) electrons. The van der Waals surface area contributed by atoms with E-state index in [0.717, 1.165) is 5.92 Å². The third kappa shape index (κ3) is 3.20. The quantitative estimate of drug-likeness (QED) is 0.799. The Labute approximate surface area is 118 Å². The van der Waals surface area contributed by atoms with Crippen molar-refractivity contribution < 1.29 is 0 Å². The van der Waals surface area contributed by atoms with Crippen LogP contribution in [0.5, 0.6) is 0 Å². The van der Waals surface area contributed by atoms with Crippen LogP contribution < -0.4 is 5.32 Å². The van der Waals surface area contributed by atoms with Crippen molar-refractivity contribution in [1.82, 2.24) is 5.32 Å². The molecular formula is C18H29N. The molecule has 0 saturated heterocycles. The highest BCUT2D eigenvalue weighted by Crippen LogP contribution is 2.36. The molecule has 2 rings (SSSR count). The fourth-order valence-corrected chi connectivity index (χ4v) is 3.31. The summed E-state index contributed by atoms with van der Waals surface area (Å²) >= 11 is 0. The molecule has 106 valence electrons. The van der Waals surface area contributed by atoms with E-state index in [1.54, 1.807) is 0 Å². The van der Waals surface area contributed by atoms with Crippen LogP contribution in [-0.2, 0) is 5.41 Å². The average molecular weight is 259 g/mol. The van der Waals surface area contributed by atoms with Crippen LogP contribution in [-0.4, -0.2) is 7.05 Å². The van der Waals surface area contributed by atoms with Crippen molar-refractivity contribution in [1.29, 1.82) is 0 Å². The lowest BCUT2D eigenvalue weighted by molar-refractivity contribution is 0.390. The Morgan fingerprint density at radius 3 is 2.21 bits per heavy atom. The predicted octanol–water partition coefficient (Wildman–Crippen LogP) is 4.82. The van der Waals surface area contributed by atoms with Gasteiger partial charge in [0.15, 0.2) is 0 Å². The van der Waals surface area contributed by atoms with Crippen molar-refractivity contribution in [2.24, 2.45) is 5.92 Å². The van der Waals surface area contributed by atoms with Crippen LogP contribution in [0.2, 0.25) is 0 Å². The molecule has 1 fully saturated rings. The standard InChI is InChI=1S/C18H29N/c1-5-18(2,3)16-12-10-15(11-13-16)17(19-4)14-8-6-7-9-14/h10-14,17,19H,5-9H2,1-4H3. The van der Waals surface area contributed by atoms with Crippen molar-refractivity contribution in [2.45, 2.75) is 64.3 Å². The fraction of sp³-hybridized carbons (Fsp3) is 0.667. The van der Waals surface area contributed by atoms with Crippen LogP contribution in [0.15, 0.2) is 24.3 Å². The Balaban J connectivity index is 2.16. The molecule has 0 aromatic heterocycles. The summed E-state index contributed by atoms with van der Waals surface area (Å²) in [6.07, 6.45) is 6.76. The smallest absolute Gasteiger partial charge is 0.0346 e. The molecule has 1 N–H and O–H groups in total. The summed E-state index contributed by atoms with van der Waals surface area (Å²) in [4.78, 5) is 0. The summed E-state index contributed by atoms with van der Waals surface area (Å²) in [5, 5.41) is 3.53. The lowest BCUT2D eigenvalue weighted by Gasteiger charge is -2.26. The van der Waals surface area contributed by atoms with Crippen LogP contribution in [0.4, 0.5) is 0 Å². The van der Waals surface area contributed by atoms with Gasteiger partial charge in [0, 0.05) is 6.04 Å². The second kappa shape index (κ2) is 6.09. The van der Waals surface area contributed by atoms with Gasteiger partial charge in [0.1, 0.15) is 0 Å². The van der Waals surface area contributed by atoms with E-state index < -0.39 is 0 Å². The summed E-state index contributed by atoms with van der Waals surface area (Å²) < 4.78 is 0. The molecule has 0 spiro atoms. The first kappa shape index (κ1) is 14.6. The molecule has 0 heterocycles. The number of hydrogen-bond donors (Lipinski definition) is 1. The van der Waals surface area contributed by atoms with E-state index in [0.29, 0.717) is 11.5 Å². The zero-order valence-electron chi connectivity index (χ0n) is 13.0. The molecule has 1 atom stereocenters. The Hall–Kier alpha value is -0.820. The van der Waals surface area contributed by atoms with Crippen molar-refractivity contribution in [2.75, 3.05) is 7.05 Å². The maximum absolute atomic E-state index is 3.53. The van der Waals surface area contributed by atoms with E-state index in [4.69, 9.17) is 0 Å². The van der Waals surface area contributed by atoms with Crippen LogP contribution >= 0.6 is 0 Å². The molecule has 1 aromatic carbocycles. The topological polar surface area (TPSA) is 12.0 Å². The zero-order chi connectivity index (χ0) is 13.9. The number of hydrogen-bond acceptors (Lipinski definition) is 1. The highest BCUT2D eigenvalue weighted by molar-refractivity contribution is 5.30. The van der Waals surface area contributed by atoms with Crippen LogP contribution in [0.3, 0.4) is 0 Å². The van der Waals surface area contributed by atoms with E-state index in [-0.39, 0.29) is 0 Å². The van der Waals surface area contributed by atoms with Crippen molar-refractivity contribution >= 4 is 0 Å². The molecule has 0 bridgehead atoms. The molecular weight excluding hydrogens is 230 g/mol. The molecule has 1 aromatic rings. The molecule has 0 amide bonds. The fourth-order valence-electron chi connectivity index (χ4n) is 3.31. The van der Waals surface area contributed by atoms with Gasteiger partial charge < -0.3 is 5.32 Å². The van der Waals surface area contributed by atoms with Gasteiger partial charge in [0.2, 0.25) is 0 Å². The Kier molecular flexibility index (Phi) is 4.67. The summed E-state index contributed by atoms with van der Waals surface area (Å²) in [5.41, 5.74) is 3.21. The van der Waals surface area contributed by atoms with Gasteiger partial charge in [-0.15, -0.1) is 0 Å². The van der Waals surface area contributed by atoms with Gasteiger partial charge in [-0.1, -0.05) is 57.9 Å². The van der Waals surface area contributed by atoms with Gasteiger partial charge in [0.05, 0.1) is 0 Å². The Morgan fingerprint density at radius 1 is 1.16 bits per heavy atom. The highest BCUT2D eigenvalue weighted by Gasteiger charge is 2.25. The van der Waals surface area contributed by atoms with E-state index in [9.17, 15) is 0 Å². The van der Waals surface area contributed by atoms with E-state index >= 15 is 0 Å². The zero-order valence-corrected chi connectivity index (χ0v) is 13.0. The molecule has 1 heteroatoms. The first-order valence-corrected chi connectivity index (χ1v) is 7.86. The third-order valence-corrected chi connectivity index (χ3v) is 5.12. The SMILES string of the molecule is CCC(C)(C)c1ccc(C(NC)C2CCCC2)cc1. The van der Waals surface area contributed by atoms with Gasteiger partial charge in [0.25, 0.3) is 0 Å². The molecule has 19 heavy (non-hydrogen) atoms. The van der Waals surface area contributed by atoms with Gasteiger partial charge in [-0.25, -0.2) is 0 Å². The lowest BCUT2D eigenvalue weighted by atomic mass is 9.81. The monoisotopic (exact) mass is 259 g/mol. The molecule has 1 saturated carbocycles. The van der Waals surface area contributed by atoms with Crippen molar-refractivity contribution in [3.63, 3.8) is 0 Å². The summed E-state index contributed by atoms with van der Waals surface area (Å²) in [5.74, 6) is 0.829. The van der Waals surface area contributed by atoms with Gasteiger partial charge >= 0.3 is 0 Å². The van der Waals surface area contributed by atoms with E-state index in [1.165, 1.54) is 43.2 Å². The van der Waals surface area contributed by atoms with Gasteiger partial charge in [-0.05, 0) is 48.8 Å². The Morgan fingerprint density at radius 2 is 1.74 bits per heavy atom. The molecule has 1 aliphatic carbocycles. The minimum Gasteiger partial charge on any atom is -0.313 e. The summed E-state index contributed by atoms with van der Waals surface area (Å²) in [7, 11) is 2.10. The maximum Gasteiger partial charge on any atom is 0.0346 e. The van der Waals surface area contributed by atoms with Crippen LogP contribution in [0, 0.1) is 5.92 Å². The van der Waals surface area contributed by atoms with Crippen molar-refractivity contribution in [3.05, 3.63) is 35.4 Å². The van der Waals surface area contributed by atoms with Crippen molar-refractivity contribution in [3.8, 4) is 0 Å². The Bertz CT molecular complexity index is 385. The first-order chi connectivity index (χ1) is 9.08. The minimum atomic E-state index is 0.293. The second-order valence-corrected chi connectivity index (χ2v) is 6.67. The van der Waals surface area contributed by atoms with Crippen LogP contribution in [0.25, 0.3) is 0 Å². The lowest BCUT2D eigenvalue weighted by Crippen LogP contribution is -2.24. The summed E-state index contributed by atoms with van der Waals surface area (Å²) in [6, 6.07) is 9.88. The third-order valence-electron chi connectivity index (χ3n) is 5.12. The largest absolute Gasteiger partial charge is 0.313 e. The predicted molar refractivity (Wildman–Crippen MR) is 83.5 cm³/mol. The van der Waals surface area contributed by atoms with Gasteiger partial charge in [-0.3, -0.25) is 0 Å². The minimum absolute atomic E-state index is 0.293. The normalized spacial score (nSPS) is 18.7. The number of benzene rings is 1. The number of nitrogens with one attached hydrogen (secondary N) is 1. The molecule has 1 aliphatic rings. The molecule has 0 aliphatic heterocycles. The first-order valence-electron chi connectivity index (χ1n) is 7.86. The van der Waals surface area contributed by atoms with E-state index in [2.05, 4.69) is 57.4 Å². The molecule has 1 unspecified atom stereocenters.